The first-order chi connectivity index (χ1) is 8.72. The van der Waals surface area contributed by atoms with Crippen molar-refractivity contribution in [3.8, 4) is 6.07 Å². The number of nitriles is 1. The molecule has 0 aliphatic heterocycles. The van der Waals surface area contributed by atoms with E-state index in [1.54, 1.807) is 18.6 Å². The number of pyridine rings is 1. The first kappa shape index (κ1) is 12.3. The van der Waals surface area contributed by atoms with Crippen molar-refractivity contribution in [3.05, 3.63) is 35.0 Å². The number of aromatic nitrogens is 4. The summed E-state index contributed by atoms with van der Waals surface area (Å²) in [5, 5.41) is 20.0. The summed E-state index contributed by atoms with van der Waals surface area (Å²) in [6.45, 7) is 0.619. The lowest BCUT2D eigenvalue weighted by atomic mass is 10.3. The fourth-order valence-corrected chi connectivity index (χ4v) is 1.70. The fraction of sp³-hybridized carbons (Fsp3) is 0.273. The van der Waals surface area contributed by atoms with E-state index in [1.807, 2.05) is 17.7 Å². The number of aryl methyl sites for hydroxylation is 1. The zero-order valence-electron chi connectivity index (χ0n) is 9.76. The Labute approximate surface area is 109 Å². The van der Waals surface area contributed by atoms with Gasteiger partial charge in [-0.15, -0.1) is 10.2 Å². The lowest BCUT2D eigenvalue weighted by Gasteiger charge is -2.07. The summed E-state index contributed by atoms with van der Waals surface area (Å²) in [7, 11) is 1.89. The summed E-state index contributed by atoms with van der Waals surface area (Å²) in [6, 6.07) is 3.59. The van der Waals surface area contributed by atoms with Gasteiger partial charge in [0.1, 0.15) is 29.1 Å². The Morgan fingerprint density at radius 1 is 1.56 bits per heavy atom. The molecule has 0 radical (unpaired) electrons. The van der Waals surface area contributed by atoms with E-state index in [0.717, 1.165) is 5.82 Å². The van der Waals surface area contributed by atoms with Crippen LogP contribution >= 0.6 is 11.6 Å². The van der Waals surface area contributed by atoms with Crippen LogP contribution in [0.4, 0.5) is 5.82 Å². The van der Waals surface area contributed by atoms with E-state index in [9.17, 15) is 0 Å². The van der Waals surface area contributed by atoms with Gasteiger partial charge in [0, 0.05) is 26.2 Å². The quantitative estimate of drug-likeness (QED) is 0.901. The molecule has 0 bridgehead atoms. The Kier molecular flexibility index (Phi) is 3.75. The number of halogens is 1. The molecule has 2 heterocycles. The van der Waals surface area contributed by atoms with Gasteiger partial charge in [0.25, 0.3) is 0 Å². The molecule has 0 saturated heterocycles. The van der Waals surface area contributed by atoms with E-state index in [2.05, 4.69) is 20.5 Å². The highest BCUT2D eigenvalue weighted by atomic mass is 35.5. The Morgan fingerprint density at radius 2 is 2.39 bits per heavy atom. The normalized spacial score (nSPS) is 10.1. The average Bonchev–Trinajstić information content (AvgIpc) is 2.77. The van der Waals surface area contributed by atoms with E-state index in [4.69, 9.17) is 16.9 Å². The molecule has 0 aliphatic rings. The van der Waals surface area contributed by atoms with E-state index in [-0.39, 0.29) is 0 Å². The van der Waals surface area contributed by atoms with Crippen molar-refractivity contribution >= 4 is 17.4 Å². The van der Waals surface area contributed by atoms with Crippen LogP contribution in [0.25, 0.3) is 0 Å². The van der Waals surface area contributed by atoms with Gasteiger partial charge in [0.2, 0.25) is 0 Å². The molecule has 0 fully saturated rings. The molecule has 0 amide bonds. The molecule has 0 aliphatic carbocycles. The van der Waals surface area contributed by atoms with Crippen LogP contribution in [0.3, 0.4) is 0 Å². The van der Waals surface area contributed by atoms with Gasteiger partial charge in [0.05, 0.1) is 5.56 Å². The highest BCUT2D eigenvalue weighted by Gasteiger charge is 2.07. The van der Waals surface area contributed by atoms with Gasteiger partial charge < -0.3 is 9.88 Å². The van der Waals surface area contributed by atoms with E-state index in [1.165, 1.54) is 0 Å². The molecule has 18 heavy (non-hydrogen) atoms. The third kappa shape index (κ3) is 2.57. The van der Waals surface area contributed by atoms with Crippen molar-refractivity contribution in [2.45, 2.75) is 6.42 Å². The van der Waals surface area contributed by atoms with Crippen LogP contribution in [0.1, 0.15) is 11.4 Å². The van der Waals surface area contributed by atoms with Gasteiger partial charge in [-0.05, 0) is 6.07 Å². The topological polar surface area (TPSA) is 79.4 Å². The average molecular weight is 263 g/mol. The molecule has 0 saturated carbocycles. The van der Waals surface area contributed by atoms with Crippen LogP contribution in [-0.2, 0) is 13.5 Å². The summed E-state index contributed by atoms with van der Waals surface area (Å²) in [4.78, 5) is 4.09. The van der Waals surface area contributed by atoms with Gasteiger partial charge in [0.15, 0.2) is 0 Å². The predicted octanol–water partition coefficient (Wildman–Crippen LogP) is 1.39. The highest BCUT2D eigenvalue weighted by Crippen LogP contribution is 2.22. The molecule has 7 heteroatoms. The van der Waals surface area contributed by atoms with Crippen molar-refractivity contribution < 1.29 is 0 Å². The van der Waals surface area contributed by atoms with Gasteiger partial charge in [-0.25, -0.2) is 4.98 Å². The van der Waals surface area contributed by atoms with Crippen LogP contribution < -0.4 is 5.32 Å². The second-order valence-corrected chi connectivity index (χ2v) is 4.05. The minimum Gasteiger partial charge on any atom is -0.368 e. The van der Waals surface area contributed by atoms with E-state index < -0.39 is 0 Å². The summed E-state index contributed by atoms with van der Waals surface area (Å²) in [5.41, 5.74) is 0.410. The standard InChI is InChI=1S/C11H11ClN6/c1-18-7-16-17-9(18)3-5-15-11-10(12)8(6-13)2-4-14-11/h2,4,7H,3,5H2,1H3,(H,14,15). The van der Waals surface area contributed by atoms with Crippen molar-refractivity contribution in [1.82, 2.24) is 19.7 Å². The van der Waals surface area contributed by atoms with Gasteiger partial charge in [-0.2, -0.15) is 5.26 Å². The predicted molar refractivity (Wildman–Crippen MR) is 67.2 cm³/mol. The second kappa shape index (κ2) is 5.47. The lowest BCUT2D eigenvalue weighted by molar-refractivity contribution is 0.787. The molecule has 2 aromatic rings. The molecular weight excluding hydrogens is 252 g/mol. The Hall–Kier alpha value is -2.13. The number of rotatable bonds is 4. The summed E-state index contributed by atoms with van der Waals surface area (Å²) < 4.78 is 1.85. The van der Waals surface area contributed by atoms with Crippen molar-refractivity contribution in [2.24, 2.45) is 7.05 Å². The maximum absolute atomic E-state index is 8.84. The van der Waals surface area contributed by atoms with Gasteiger partial charge in [-0.1, -0.05) is 11.6 Å². The van der Waals surface area contributed by atoms with Crippen molar-refractivity contribution in [3.63, 3.8) is 0 Å². The fourth-order valence-electron chi connectivity index (χ4n) is 1.48. The molecule has 6 nitrogen and oxygen atoms in total. The number of hydrogen-bond acceptors (Lipinski definition) is 5. The van der Waals surface area contributed by atoms with Crippen LogP contribution in [0.5, 0.6) is 0 Å². The van der Waals surface area contributed by atoms with E-state index in [0.29, 0.717) is 29.4 Å². The Morgan fingerprint density at radius 3 is 3.06 bits per heavy atom. The number of hydrogen-bond donors (Lipinski definition) is 1. The third-order valence-electron chi connectivity index (χ3n) is 2.46. The molecule has 2 aromatic heterocycles. The zero-order valence-corrected chi connectivity index (χ0v) is 10.5. The zero-order chi connectivity index (χ0) is 13.0. The minimum absolute atomic E-state index is 0.345. The smallest absolute Gasteiger partial charge is 0.146 e. The maximum atomic E-state index is 8.84. The van der Waals surface area contributed by atoms with Crippen LogP contribution in [0.2, 0.25) is 5.02 Å². The lowest BCUT2D eigenvalue weighted by Crippen LogP contribution is -2.10. The highest BCUT2D eigenvalue weighted by molar-refractivity contribution is 6.34. The molecule has 0 unspecified atom stereocenters. The number of nitrogens with one attached hydrogen (secondary N) is 1. The summed E-state index contributed by atoms with van der Waals surface area (Å²) in [5.74, 6) is 1.38. The third-order valence-corrected chi connectivity index (χ3v) is 2.84. The molecule has 0 spiro atoms. The van der Waals surface area contributed by atoms with E-state index >= 15 is 0 Å². The van der Waals surface area contributed by atoms with Crippen molar-refractivity contribution in [1.29, 1.82) is 5.26 Å². The van der Waals surface area contributed by atoms with Crippen LogP contribution in [0, 0.1) is 11.3 Å². The first-order valence-electron chi connectivity index (χ1n) is 5.33. The van der Waals surface area contributed by atoms with Crippen LogP contribution in [-0.4, -0.2) is 26.3 Å². The SMILES string of the molecule is Cn1cnnc1CCNc1nccc(C#N)c1Cl. The number of anilines is 1. The maximum Gasteiger partial charge on any atom is 0.146 e. The Balaban J connectivity index is 1.99. The molecule has 92 valence electrons. The molecule has 2 rings (SSSR count). The Bertz CT molecular complexity index is 585. The van der Waals surface area contributed by atoms with Gasteiger partial charge >= 0.3 is 0 Å². The minimum atomic E-state index is 0.345. The summed E-state index contributed by atoms with van der Waals surface area (Å²) >= 11 is 6.02. The molecular formula is C11H11ClN6. The van der Waals surface area contributed by atoms with Gasteiger partial charge in [-0.3, -0.25) is 0 Å². The number of nitrogens with zero attached hydrogens (tertiary/aromatic N) is 5. The molecule has 0 atom stereocenters. The van der Waals surface area contributed by atoms with Crippen LogP contribution in [0.15, 0.2) is 18.6 Å². The second-order valence-electron chi connectivity index (χ2n) is 3.67. The largest absolute Gasteiger partial charge is 0.368 e. The first-order valence-corrected chi connectivity index (χ1v) is 5.71. The van der Waals surface area contributed by atoms with Crippen molar-refractivity contribution in [2.75, 3.05) is 11.9 Å². The molecule has 1 N–H and O–H groups in total. The summed E-state index contributed by atoms with van der Waals surface area (Å²) in [6.07, 6.45) is 3.90. The molecule has 0 aromatic carbocycles. The monoisotopic (exact) mass is 262 g/mol.